The molecule has 94 valence electrons. The minimum atomic E-state index is -0.233. The Bertz CT molecular complexity index is 558. The van der Waals surface area contributed by atoms with E-state index in [1.165, 1.54) is 7.11 Å². The first-order chi connectivity index (χ1) is 8.60. The molecule has 0 saturated carbocycles. The molecule has 0 aliphatic carbocycles. The van der Waals surface area contributed by atoms with Gasteiger partial charge in [-0.2, -0.15) is 0 Å². The second-order valence-electron chi connectivity index (χ2n) is 4.05. The molecule has 18 heavy (non-hydrogen) atoms. The molecule has 1 amide bonds. The van der Waals surface area contributed by atoms with Gasteiger partial charge in [-0.3, -0.25) is 9.48 Å². The van der Waals surface area contributed by atoms with Crippen LogP contribution in [0, 0.1) is 6.92 Å². The van der Waals surface area contributed by atoms with Crippen molar-refractivity contribution in [1.82, 2.24) is 9.78 Å². The van der Waals surface area contributed by atoms with Crippen molar-refractivity contribution in [3.8, 4) is 5.88 Å². The first kappa shape index (κ1) is 12.2. The predicted octanol–water partition coefficient (Wildman–Crippen LogP) is 1.99. The number of carbonyl (C=O) groups is 1. The number of hydrogen-bond donors (Lipinski definition) is 1. The highest BCUT2D eigenvalue weighted by Crippen LogP contribution is 2.17. The van der Waals surface area contributed by atoms with Crippen LogP contribution in [0.1, 0.15) is 15.9 Å². The number of rotatable bonds is 3. The van der Waals surface area contributed by atoms with Crippen molar-refractivity contribution in [1.29, 1.82) is 0 Å². The van der Waals surface area contributed by atoms with E-state index in [1.54, 1.807) is 17.9 Å². The van der Waals surface area contributed by atoms with Crippen LogP contribution in [0.25, 0.3) is 0 Å². The summed E-state index contributed by atoms with van der Waals surface area (Å²) in [6, 6.07) is 7.60. The van der Waals surface area contributed by atoms with Crippen LogP contribution in [-0.2, 0) is 7.05 Å². The van der Waals surface area contributed by atoms with E-state index in [0.29, 0.717) is 11.4 Å². The molecular weight excluding hydrogens is 230 g/mol. The molecule has 1 N–H and O–H groups in total. The minimum absolute atomic E-state index is 0.233. The number of methoxy groups -OCH3 is 1. The fourth-order valence-corrected chi connectivity index (χ4v) is 1.61. The minimum Gasteiger partial charge on any atom is -0.479 e. The Morgan fingerprint density at radius 1 is 1.33 bits per heavy atom. The standard InChI is InChI=1S/C13H15N3O2/c1-9-4-6-10(7-5-9)14-12(17)11-8-16(2)15-13(11)18-3/h4-8H,1-3H3,(H,14,17). The molecule has 0 spiro atoms. The van der Waals surface area contributed by atoms with Crippen molar-refractivity contribution < 1.29 is 9.53 Å². The van der Waals surface area contributed by atoms with Gasteiger partial charge in [-0.1, -0.05) is 17.7 Å². The van der Waals surface area contributed by atoms with Crippen LogP contribution in [0.4, 0.5) is 5.69 Å². The Labute approximate surface area is 105 Å². The number of aryl methyl sites for hydroxylation is 2. The summed E-state index contributed by atoms with van der Waals surface area (Å²) < 4.78 is 6.60. The Morgan fingerprint density at radius 3 is 2.61 bits per heavy atom. The Balaban J connectivity index is 2.19. The summed E-state index contributed by atoms with van der Waals surface area (Å²) >= 11 is 0. The highest BCUT2D eigenvalue weighted by molar-refractivity contribution is 6.05. The van der Waals surface area contributed by atoms with Crippen molar-refractivity contribution in [2.45, 2.75) is 6.92 Å². The van der Waals surface area contributed by atoms with Crippen LogP contribution in [0.5, 0.6) is 5.88 Å². The lowest BCUT2D eigenvalue weighted by Crippen LogP contribution is -2.12. The Hall–Kier alpha value is -2.30. The molecule has 2 aromatic rings. The third kappa shape index (κ3) is 2.51. The van der Waals surface area contributed by atoms with Gasteiger partial charge in [0.15, 0.2) is 0 Å². The van der Waals surface area contributed by atoms with Crippen LogP contribution in [-0.4, -0.2) is 22.8 Å². The number of anilines is 1. The van der Waals surface area contributed by atoms with Gasteiger partial charge >= 0.3 is 0 Å². The summed E-state index contributed by atoms with van der Waals surface area (Å²) in [4.78, 5) is 12.0. The zero-order valence-corrected chi connectivity index (χ0v) is 10.6. The molecule has 1 aromatic heterocycles. The number of hydrogen-bond acceptors (Lipinski definition) is 3. The highest BCUT2D eigenvalue weighted by Gasteiger charge is 2.16. The molecule has 2 rings (SSSR count). The van der Waals surface area contributed by atoms with Gasteiger partial charge in [0.2, 0.25) is 5.88 Å². The van der Waals surface area contributed by atoms with Gasteiger partial charge in [0, 0.05) is 18.9 Å². The predicted molar refractivity (Wildman–Crippen MR) is 68.9 cm³/mol. The van der Waals surface area contributed by atoms with Crippen molar-refractivity contribution in [3.05, 3.63) is 41.6 Å². The third-order valence-electron chi connectivity index (χ3n) is 2.54. The molecule has 0 atom stereocenters. The zero-order chi connectivity index (χ0) is 13.1. The molecule has 0 unspecified atom stereocenters. The van der Waals surface area contributed by atoms with Gasteiger partial charge in [0.1, 0.15) is 5.56 Å². The maximum atomic E-state index is 12.0. The van der Waals surface area contributed by atoms with Gasteiger partial charge in [-0.05, 0) is 19.1 Å². The smallest absolute Gasteiger partial charge is 0.262 e. The lowest BCUT2D eigenvalue weighted by Gasteiger charge is -2.04. The molecule has 0 fully saturated rings. The maximum absolute atomic E-state index is 12.0. The first-order valence-electron chi connectivity index (χ1n) is 5.56. The molecule has 5 heteroatoms. The molecule has 1 aromatic carbocycles. The number of carbonyl (C=O) groups excluding carboxylic acids is 1. The van der Waals surface area contributed by atoms with Crippen molar-refractivity contribution in [2.75, 3.05) is 12.4 Å². The number of benzene rings is 1. The number of nitrogens with one attached hydrogen (secondary N) is 1. The number of ether oxygens (including phenoxy) is 1. The quantitative estimate of drug-likeness (QED) is 0.899. The molecule has 1 heterocycles. The second-order valence-corrected chi connectivity index (χ2v) is 4.05. The van der Waals surface area contributed by atoms with Gasteiger partial charge < -0.3 is 10.1 Å². The van der Waals surface area contributed by atoms with E-state index in [2.05, 4.69) is 10.4 Å². The summed E-state index contributed by atoms with van der Waals surface area (Å²) in [6.07, 6.45) is 1.63. The molecule has 0 aliphatic heterocycles. The first-order valence-corrected chi connectivity index (χ1v) is 5.56. The lowest BCUT2D eigenvalue weighted by molar-refractivity contribution is 0.102. The van der Waals surface area contributed by atoms with E-state index >= 15 is 0 Å². The molecular formula is C13H15N3O2. The van der Waals surface area contributed by atoms with E-state index in [4.69, 9.17) is 4.74 Å². The maximum Gasteiger partial charge on any atom is 0.262 e. The number of amides is 1. The van der Waals surface area contributed by atoms with Gasteiger partial charge in [0.25, 0.3) is 5.91 Å². The SMILES string of the molecule is COc1nn(C)cc1C(=O)Nc1ccc(C)cc1. The number of nitrogens with zero attached hydrogens (tertiary/aromatic N) is 2. The van der Waals surface area contributed by atoms with Gasteiger partial charge in [-0.25, -0.2) is 0 Å². The van der Waals surface area contributed by atoms with Crippen LogP contribution >= 0.6 is 0 Å². The van der Waals surface area contributed by atoms with E-state index in [9.17, 15) is 4.79 Å². The van der Waals surface area contributed by atoms with Crippen LogP contribution < -0.4 is 10.1 Å². The molecule has 0 saturated heterocycles. The van der Waals surface area contributed by atoms with Crippen LogP contribution in [0.15, 0.2) is 30.5 Å². The summed E-state index contributed by atoms with van der Waals surface area (Å²) in [6.45, 7) is 2.00. The molecule has 5 nitrogen and oxygen atoms in total. The van der Waals surface area contributed by atoms with E-state index in [0.717, 1.165) is 11.3 Å². The topological polar surface area (TPSA) is 56.2 Å². The highest BCUT2D eigenvalue weighted by atomic mass is 16.5. The fourth-order valence-electron chi connectivity index (χ4n) is 1.61. The van der Waals surface area contributed by atoms with Crippen LogP contribution in [0.2, 0.25) is 0 Å². The van der Waals surface area contributed by atoms with Crippen molar-refractivity contribution in [2.24, 2.45) is 7.05 Å². The van der Waals surface area contributed by atoms with E-state index in [-0.39, 0.29) is 5.91 Å². The van der Waals surface area contributed by atoms with Crippen molar-refractivity contribution >= 4 is 11.6 Å². The zero-order valence-electron chi connectivity index (χ0n) is 10.6. The normalized spacial score (nSPS) is 10.2. The molecule has 0 aliphatic rings. The average molecular weight is 245 g/mol. The summed E-state index contributed by atoms with van der Waals surface area (Å²) in [5.41, 5.74) is 2.31. The lowest BCUT2D eigenvalue weighted by atomic mass is 10.2. The van der Waals surface area contributed by atoms with E-state index < -0.39 is 0 Å². The summed E-state index contributed by atoms with van der Waals surface area (Å²) in [5, 5.41) is 6.84. The fraction of sp³-hybridized carbons (Fsp3) is 0.231. The van der Waals surface area contributed by atoms with Crippen molar-refractivity contribution in [3.63, 3.8) is 0 Å². The molecule has 0 radical (unpaired) electrons. The average Bonchev–Trinajstić information content (AvgIpc) is 2.73. The summed E-state index contributed by atoms with van der Waals surface area (Å²) in [7, 11) is 3.23. The monoisotopic (exact) mass is 245 g/mol. The largest absolute Gasteiger partial charge is 0.479 e. The van der Waals surface area contributed by atoms with Gasteiger partial charge in [0.05, 0.1) is 7.11 Å². The van der Waals surface area contributed by atoms with Crippen LogP contribution in [0.3, 0.4) is 0 Å². The molecule has 0 bridgehead atoms. The Kier molecular flexibility index (Phi) is 3.32. The summed E-state index contributed by atoms with van der Waals surface area (Å²) in [5.74, 6) is 0.0888. The third-order valence-corrected chi connectivity index (χ3v) is 2.54. The van der Waals surface area contributed by atoms with E-state index in [1.807, 2.05) is 31.2 Å². The van der Waals surface area contributed by atoms with Gasteiger partial charge in [-0.15, -0.1) is 5.10 Å². The second kappa shape index (κ2) is 4.91. The number of aromatic nitrogens is 2. The Morgan fingerprint density at radius 2 is 2.00 bits per heavy atom.